The highest BCUT2D eigenvalue weighted by atomic mass is 17.1. The number of nitrogens with two attached hydrogens (primary N) is 1. The monoisotopic (exact) mass is 441 g/mol. The Morgan fingerprint density at radius 3 is 2.19 bits per heavy atom. The van der Waals surface area contributed by atoms with E-state index in [0.29, 0.717) is 30.3 Å². The predicted molar refractivity (Wildman–Crippen MR) is 122 cm³/mol. The van der Waals surface area contributed by atoms with Gasteiger partial charge in [0.25, 0.3) is 0 Å². The van der Waals surface area contributed by atoms with Crippen LogP contribution in [0.15, 0.2) is 24.3 Å². The molecule has 0 amide bonds. The molecule has 7 rings (SSSR count). The van der Waals surface area contributed by atoms with Gasteiger partial charge in [0.15, 0.2) is 0 Å². The number of hydrogen-bond acceptors (Lipinski definition) is 5. The average Bonchev–Trinajstić information content (AvgIpc) is 3.47. The Hall–Kier alpha value is -1.14. The molecule has 6 fully saturated rings. The Morgan fingerprint density at radius 2 is 1.59 bits per heavy atom. The van der Waals surface area contributed by atoms with Gasteiger partial charge in [-0.2, -0.15) is 0 Å². The molecule has 176 valence electrons. The lowest BCUT2D eigenvalue weighted by Crippen LogP contribution is -2.62. The Balaban J connectivity index is 1.16. The third kappa shape index (κ3) is 3.60. The van der Waals surface area contributed by atoms with Crippen molar-refractivity contribution >= 4 is 0 Å². The number of rotatable bonds is 7. The molecule has 6 saturated carbocycles. The normalized spacial score (nSPS) is 44.4. The minimum Gasteiger partial charge on any atom is -0.492 e. The van der Waals surface area contributed by atoms with E-state index in [1.54, 1.807) is 0 Å². The van der Waals surface area contributed by atoms with E-state index in [9.17, 15) is 5.26 Å². The SMILES string of the molecule is CC(C)(N)COc1ccc(C2CCC3C[C@@]3(OC3(OO)C4CC5CC(C4)CC3C5)C2)cc1. The third-order valence-corrected chi connectivity index (χ3v) is 9.38. The van der Waals surface area contributed by atoms with Crippen LogP contribution in [-0.2, 0) is 9.62 Å². The van der Waals surface area contributed by atoms with Crippen LogP contribution < -0.4 is 10.5 Å². The Morgan fingerprint density at radius 1 is 0.938 bits per heavy atom. The number of hydrogen-bond donors (Lipinski definition) is 2. The van der Waals surface area contributed by atoms with Gasteiger partial charge in [-0.3, -0.25) is 0 Å². The van der Waals surface area contributed by atoms with Crippen molar-refractivity contribution in [3.63, 3.8) is 0 Å². The minimum absolute atomic E-state index is 0.111. The maximum absolute atomic E-state index is 10.2. The summed E-state index contributed by atoms with van der Waals surface area (Å²) in [5.74, 6) is 3.60. The van der Waals surface area contributed by atoms with Gasteiger partial charge in [0.1, 0.15) is 12.4 Å². The molecule has 0 spiro atoms. The smallest absolute Gasteiger partial charge is 0.207 e. The summed E-state index contributed by atoms with van der Waals surface area (Å²) in [6.45, 7) is 4.45. The van der Waals surface area contributed by atoms with Crippen molar-refractivity contribution in [1.29, 1.82) is 0 Å². The molecule has 2 unspecified atom stereocenters. The summed E-state index contributed by atoms with van der Waals surface area (Å²) in [4.78, 5) is 5.37. The van der Waals surface area contributed by atoms with Crippen molar-refractivity contribution in [2.45, 2.75) is 94.5 Å². The molecule has 1 aromatic carbocycles. The molecule has 0 radical (unpaired) electrons. The van der Waals surface area contributed by atoms with E-state index in [1.807, 2.05) is 13.8 Å². The van der Waals surface area contributed by atoms with Gasteiger partial charge in [-0.15, -0.1) is 0 Å². The summed E-state index contributed by atoms with van der Waals surface area (Å²) in [6.07, 6.45) is 10.6. The van der Waals surface area contributed by atoms with E-state index in [4.69, 9.17) is 20.1 Å². The summed E-state index contributed by atoms with van der Waals surface area (Å²) >= 11 is 0. The molecular weight excluding hydrogens is 402 g/mol. The first-order chi connectivity index (χ1) is 15.3. The Bertz CT molecular complexity index is 818. The fourth-order valence-electron chi connectivity index (χ4n) is 7.94. The van der Waals surface area contributed by atoms with Gasteiger partial charge in [0.05, 0.1) is 5.60 Å². The van der Waals surface area contributed by atoms with E-state index in [-0.39, 0.29) is 11.1 Å². The van der Waals surface area contributed by atoms with E-state index < -0.39 is 5.79 Å². The summed E-state index contributed by atoms with van der Waals surface area (Å²) in [7, 11) is 0. The van der Waals surface area contributed by atoms with Crippen LogP contribution in [0.1, 0.15) is 83.1 Å². The zero-order chi connectivity index (χ0) is 22.1. The van der Waals surface area contributed by atoms with Gasteiger partial charge in [-0.25, -0.2) is 10.1 Å². The number of fused-ring (bicyclic) bond motifs is 1. The van der Waals surface area contributed by atoms with Crippen LogP contribution >= 0.6 is 0 Å². The van der Waals surface area contributed by atoms with Crippen LogP contribution in [0.4, 0.5) is 0 Å². The van der Waals surface area contributed by atoms with Gasteiger partial charge in [-0.1, -0.05) is 12.1 Å². The molecule has 0 aliphatic heterocycles. The topological polar surface area (TPSA) is 73.9 Å². The van der Waals surface area contributed by atoms with E-state index in [2.05, 4.69) is 24.3 Å². The average molecular weight is 442 g/mol. The predicted octanol–water partition coefficient (Wildman–Crippen LogP) is 5.49. The second kappa shape index (κ2) is 7.43. The van der Waals surface area contributed by atoms with Crippen LogP contribution in [0.3, 0.4) is 0 Å². The maximum atomic E-state index is 10.2. The molecule has 0 saturated heterocycles. The molecule has 3 N–H and O–H groups in total. The molecule has 32 heavy (non-hydrogen) atoms. The Labute approximate surface area is 191 Å². The molecule has 1 aromatic rings. The summed E-state index contributed by atoms with van der Waals surface area (Å²) in [5.41, 5.74) is 6.95. The largest absolute Gasteiger partial charge is 0.492 e. The van der Waals surface area contributed by atoms with E-state index >= 15 is 0 Å². The lowest BCUT2D eigenvalue weighted by atomic mass is 9.53. The highest BCUT2D eigenvalue weighted by Crippen LogP contribution is 2.66. The van der Waals surface area contributed by atoms with Crippen LogP contribution in [0.25, 0.3) is 0 Å². The summed E-state index contributed by atoms with van der Waals surface area (Å²) in [6, 6.07) is 8.57. The second-order valence-corrected chi connectivity index (χ2v) is 12.5. The first-order valence-corrected chi connectivity index (χ1v) is 12.8. The van der Waals surface area contributed by atoms with E-state index in [0.717, 1.165) is 30.4 Å². The molecule has 4 bridgehead atoms. The highest BCUT2D eigenvalue weighted by molar-refractivity contribution is 5.31. The van der Waals surface area contributed by atoms with Gasteiger partial charge < -0.3 is 15.2 Å². The van der Waals surface area contributed by atoms with Crippen molar-refractivity contribution < 1.29 is 19.6 Å². The van der Waals surface area contributed by atoms with Crippen molar-refractivity contribution in [2.24, 2.45) is 35.3 Å². The molecule has 0 aromatic heterocycles. The zero-order valence-electron chi connectivity index (χ0n) is 19.6. The second-order valence-electron chi connectivity index (χ2n) is 12.5. The Kier molecular flexibility index (Phi) is 4.97. The van der Waals surface area contributed by atoms with Gasteiger partial charge in [0, 0.05) is 17.4 Å². The first kappa shape index (κ1) is 21.4. The van der Waals surface area contributed by atoms with Crippen molar-refractivity contribution in [3.8, 4) is 5.75 Å². The molecule has 5 nitrogen and oxygen atoms in total. The molecule has 6 aliphatic rings. The van der Waals surface area contributed by atoms with Crippen molar-refractivity contribution in [3.05, 3.63) is 29.8 Å². The summed E-state index contributed by atoms with van der Waals surface area (Å²) in [5, 5.41) is 10.2. The highest BCUT2D eigenvalue weighted by Gasteiger charge is 2.67. The quantitative estimate of drug-likeness (QED) is 0.333. The van der Waals surface area contributed by atoms with Crippen LogP contribution in [0, 0.1) is 29.6 Å². The lowest BCUT2D eigenvalue weighted by Gasteiger charge is -2.59. The molecule has 3 atom stereocenters. The van der Waals surface area contributed by atoms with Gasteiger partial charge >= 0.3 is 0 Å². The fourth-order valence-corrected chi connectivity index (χ4v) is 7.94. The number of ether oxygens (including phenoxy) is 2. The molecule has 6 aliphatic carbocycles. The minimum atomic E-state index is -0.753. The van der Waals surface area contributed by atoms with Crippen molar-refractivity contribution in [1.82, 2.24) is 0 Å². The molecular formula is C27H39NO4. The van der Waals surface area contributed by atoms with Crippen LogP contribution in [-0.4, -0.2) is 28.8 Å². The summed E-state index contributed by atoms with van der Waals surface area (Å²) < 4.78 is 12.9. The standard InChI is InChI=1S/C27H39NO4/c1-25(2,28)16-30-24-7-4-19(5-8-24)20-3-6-21-15-26(21,14-20)31-27(32-29)22-10-17-9-18(12-22)13-23(27)11-17/h4-5,7-8,17-18,20-23,29H,3,6,9-16,28H2,1-2H3/t17?,18?,20?,21?,22?,23?,26-,27?/m0/s1. The van der Waals surface area contributed by atoms with Crippen LogP contribution in [0.2, 0.25) is 0 Å². The third-order valence-electron chi connectivity index (χ3n) is 9.38. The maximum Gasteiger partial charge on any atom is 0.207 e. The van der Waals surface area contributed by atoms with Gasteiger partial charge in [-0.05, 0) is 113 Å². The van der Waals surface area contributed by atoms with Crippen molar-refractivity contribution in [2.75, 3.05) is 6.61 Å². The number of benzene rings is 1. The fraction of sp³-hybridized carbons (Fsp3) is 0.778. The lowest BCUT2D eigenvalue weighted by molar-refractivity contribution is -0.470. The first-order valence-electron chi connectivity index (χ1n) is 12.8. The van der Waals surface area contributed by atoms with Crippen LogP contribution in [0.5, 0.6) is 5.75 Å². The van der Waals surface area contributed by atoms with E-state index in [1.165, 1.54) is 50.5 Å². The zero-order valence-corrected chi connectivity index (χ0v) is 19.6. The molecule has 0 heterocycles. The van der Waals surface area contributed by atoms with Gasteiger partial charge in [0.2, 0.25) is 5.79 Å². The molecule has 5 heteroatoms.